The number of pyridine rings is 1. The van der Waals surface area contributed by atoms with Crippen molar-refractivity contribution in [3.8, 4) is 0 Å². The van der Waals surface area contributed by atoms with E-state index < -0.39 is 0 Å². The Labute approximate surface area is 208 Å². The highest BCUT2D eigenvalue weighted by atomic mass is 32.2. The number of hydrogen-bond acceptors (Lipinski definition) is 8. The first-order valence-corrected chi connectivity index (χ1v) is 12.6. The summed E-state index contributed by atoms with van der Waals surface area (Å²) in [5.74, 6) is 2.46. The van der Waals surface area contributed by atoms with Crippen molar-refractivity contribution in [2.75, 3.05) is 48.3 Å². The van der Waals surface area contributed by atoms with Gasteiger partial charge in [-0.1, -0.05) is 37.9 Å². The Morgan fingerprint density at radius 1 is 1.12 bits per heavy atom. The second-order valence-electron chi connectivity index (χ2n) is 8.48. The van der Waals surface area contributed by atoms with Crippen LogP contribution in [0.4, 0.5) is 17.3 Å². The van der Waals surface area contributed by atoms with Crippen molar-refractivity contribution in [1.29, 1.82) is 0 Å². The van der Waals surface area contributed by atoms with Crippen LogP contribution in [-0.2, 0) is 0 Å². The third kappa shape index (κ3) is 6.84. The summed E-state index contributed by atoms with van der Waals surface area (Å²) in [5.41, 5.74) is 3.86. The highest BCUT2D eigenvalue weighted by molar-refractivity contribution is 8.07. The average molecular weight is 480 g/mol. The van der Waals surface area contributed by atoms with Crippen molar-refractivity contribution in [3.63, 3.8) is 0 Å². The monoisotopic (exact) mass is 479 g/mol. The molecule has 8 heteroatoms. The highest BCUT2D eigenvalue weighted by Crippen LogP contribution is 2.32. The van der Waals surface area contributed by atoms with E-state index in [-0.39, 0.29) is 0 Å². The lowest BCUT2D eigenvalue weighted by atomic mass is 10.2. The fourth-order valence-electron chi connectivity index (χ4n) is 3.99. The molecule has 0 amide bonds. The maximum absolute atomic E-state index is 4.68. The van der Waals surface area contributed by atoms with Crippen LogP contribution in [0.25, 0.3) is 0 Å². The number of nitrogens with one attached hydrogen (secondary N) is 2. The van der Waals surface area contributed by atoms with Gasteiger partial charge in [0, 0.05) is 49.0 Å². The van der Waals surface area contributed by atoms with Crippen LogP contribution in [0.2, 0.25) is 0 Å². The minimum atomic E-state index is 0.744. The van der Waals surface area contributed by atoms with E-state index in [4.69, 9.17) is 0 Å². The third-order valence-corrected chi connectivity index (χ3v) is 6.80. The van der Waals surface area contributed by atoms with E-state index in [1.54, 1.807) is 0 Å². The van der Waals surface area contributed by atoms with E-state index in [1.807, 2.05) is 45.2 Å². The molecule has 1 aliphatic heterocycles. The quantitative estimate of drug-likeness (QED) is 0.435. The van der Waals surface area contributed by atoms with E-state index in [0.29, 0.717) is 0 Å². The lowest BCUT2D eigenvalue weighted by molar-refractivity contribution is 0.258. The molecule has 2 N–H and O–H groups in total. The molecule has 0 atom stereocenters. The molecule has 34 heavy (non-hydrogen) atoms. The first-order valence-electron chi connectivity index (χ1n) is 11.8. The lowest BCUT2D eigenvalue weighted by Crippen LogP contribution is -2.46. The van der Waals surface area contributed by atoms with Crippen molar-refractivity contribution >= 4 is 29.1 Å². The number of hydrogen-bond donors (Lipinski definition) is 2. The molecular weight excluding hydrogens is 442 g/mol. The van der Waals surface area contributed by atoms with Crippen LogP contribution in [0, 0.1) is 20.8 Å². The van der Waals surface area contributed by atoms with Gasteiger partial charge in [-0.15, -0.1) is 0 Å². The van der Waals surface area contributed by atoms with Gasteiger partial charge < -0.3 is 15.5 Å². The van der Waals surface area contributed by atoms with Gasteiger partial charge in [-0.25, -0.2) is 9.97 Å². The Morgan fingerprint density at radius 2 is 1.85 bits per heavy atom. The second-order valence-corrected chi connectivity index (χ2v) is 9.62. The molecule has 182 valence electrons. The van der Waals surface area contributed by atoms with E-state index in [2.05, 4.69) is 62.4 Å². The molecule has 1 saturated heterocycles. The number of thioether (sulfide) groups is 1. The van der Waals surface area contributed by atoms with Gasteiger partial charge in [-0.3, -0.25) is 9.88 Å². The van der Waals surface area contributed by atoms with Crippen LogP contribution in [0.5, 0.6) is 0 Å². The standard InChI is InChI=1S/C26H37N7S/c1-8-12-32-13-15-33(16-14-32)25-17-24(29-21(6)30-25)31-22(7)34-23(9-2)19(4)28-26-18(3)10-11-27-20(26)5/h9-11,17,28H,4,7-8,12-16H2,1-3,5-6H3,(H,29,30,31)/b23-9-. The third-order valence-electron chi connectivity index (χ3n) is 5.75. The molecule has 0 bridgehead atoms. The van der Waals surface area contributed by atoms with Crippen molar-refractivity contribution in [2.45, 2.75) is 41.0 Å². The normalized spacial score (nSPS) is 14.7. The van der Waals surface area contributed by atoms with Crippen molar-refractivity contribution in [2.24, 2.45) is 0 Å². The van der Waals surface area contributed by atoms with Crippen LogP contribution in [0.15, 0.2) is 53.2 Å². The minimum Gasteiger partial charge on any atom is -0.354 e. The molecule has 3 heterocycles. The SMILES string of the molecule is C=C(Nc1cc(N2CCN(CCC)CC2)nc(C)n1)S/C(=C\C)C(=C)Nc1c(C)ccnc1C. The summed E-state index contributed by atoms with van der Waals surface area (Å²) in [7, 11) is 0. The number of anilines is 3. The molecule has 0 aliphatic carbocycles. The van der Waals surface area contributed by atoms with Crippen LogP contribution >= 0.6 is 11.8 Å². The first-order chi connectivity index (χ1) is 16.3. The molecule has 7 nitrogen and oxygen atoms in total. The van der Waals surface area contributed by atoms with Crippen molar-refractivity contribution in [3.05, 3.63) is 70.3 Å². The van der Waals surface area contributed by atoms with Gasteiger partial charge in [0.2, 0.25) is 0 Å². The number of allylic oxidation sites excluding steroid dienone is 1. The molecule has 2 aromatic heterocycles. The van der Waals surface area contributed by atoms with Crippen LogP contribution in [0.3, 0.4) is 0 Å². The number of aryl methyl sites for hydroxylation is 3. The number of piperazine rings is 1. The van der Waals surface area contributed by atoms with Crippen LogP contribution < -0.4 is 15.5 Å². The smallest absolute Gasteiger partial charge is 0.136 e. The number of aromatic nitrogens is 3. The fraction of sp³-hybridized carbons (Fsp3) is 0.423. The number of rotatable bonds is 10. The molecule has 1 aliphatic rings. The Bertz CT molecular complexity index is 1030. The van der Waals surface area contributed by atoms with Gasteiger partial charge in [-0.2, -0.15) is 0 Å². The van der Waals surface area contributed by atoms with Gasteiger partial charge in [0.25, 0.3) is 0 Å². The van der Waals surface area contributed by atoms with E-state index in [0.717, 1.165) is 82.8 Å². The molecule has 0 radical (unpaired) electrons. The Balaban J connectivity index is 1.63. The maximum Gasteiger partial charge on any atom is 0.136 e. The molecule has 2 aromatic rings. The minimum absolute atomic E-state index is 0.744. The first kappa shape index (κ1) is 25.8. The van der Waals surface area contributed by atoms with Crippen molar-refractivity contribution in [1.82, 2.24) is 19.9 Å². The largest absolute Gasteiger partial charge is 0.354 e. The Kier molecular flexibility index (Phi) is 9.12. The number of nitrogens with zero attached hydrogens (tertiary/aromatic N) is 5. The highest BCUT2D eigenvalue weighted by Gasteiger charge is 2.18. The van der Waals surface area contributed by atoms with E-state index in [9.17, 15) is 0 Å². The molecule has 0 aromatic carbocycles. The Morgan fingerprint density at radius 3 is 2.50 bits per heavy atom. The Hall–Kier alpha value is -2.84. The van der Waals surface area contributed by atoms with Gasteiger partial charge >= 0.3 is 0 Å². The van der Waals surface area contributed by atoms with E-state index >= 15 is 0 Å². The van der Waals surface area contributed by atoms with Gasteiger partial charge in [-0.05, 0) is 52.3 Å². The van der Waals surface area contributed by atoms with Crippen LogP contribution in [-0.4, -0.2) is 52.6 Å². The van der Waals surface area contributed by atoms with Gasteiger partial charge in [0.05, 0.1) is 16.4 Å². The molecule has 0 spiro atoms. The van der Waals surface area contributed by atoms with Gasteiger partial charge in [0.15, 0.2) is 0 Å². The summed E-state index contributed by atoms with van der Waals surface area (Å²) in [5, 5.41) is 7.55. The molecule has 3 rings (SSSR count). The molecule has 1 fully saturated rings. The predicted octanol–water partition coefficient (Wildman–Crippen LogP) is 5.47. The topological polar surface area (TPSA) is 69.2 Å². The molecule has 0 saturated carbocycles. The fourth-order valence-corrected chi connectivity index (χ4v) is 4.70. The van der Waals surface area contributed by atoms with Crippen molar-refractivity contribution < 1.29 is 0 Å². The maximum atomic E-state index is 4.68. The lowest BCUT2D eigenvalue weighted by Gasteiger charge is -2.35. The zero-order valence-corrected chi connectivity index (χ0v) is 21.9. The summed E-state index contributed by atoms with van der Waals surface area (Å²) in [6, 6.07) is 4.00. The summed E-state index contributed by atoms with van der Waals surface area (Å²) in [6.07, 6.45) is 5.04. The average Bonchev–Trinajstić information content (AvgIpc) is 2.80. The summed E-state index contributed by atoms with van der Waals surface area (Å²) >= 11 is 1.52. The zero-order valence-electron chi connectivity index (χ0n) is 21.1. The van der Waals surface area contributed by atoms with E-state index in [1.165, 1.54) is 18.2 Å². The summed E-state index contributed by atoms with van der Waals surface area (Å²) < 4.78 is 0. The zero-order chi connectivity index (χ0) is 24.7. The summed E-state index contributed by atoms with van der Waals surface area (Å²) in [4.78, 5) is 19.5. The van der Waals surface area contributed by atoms with Crippen LogP contribution in [0.1, 0.15) is 37.4 Å². The molecule has 0 unspecified atom stereocenters. The summed E-state index contributed by atoms with van der Waals surface area (Å²) in [6.45, 7) is 23.9. The predicted molar refractivity (Wildman–Crippen MR) is 146 cm³/mol. The van der Waals surface area contributed by atoms with Gasteiger partial charge in [0.1, 0.15) is 17.5 Å². The molecular formula is C26H37N7S. The second kappa shape index (κ2) is 12.0.